The molecule has 0 bridgehead atoms. The van der Waals surface area contributed by atoms with E-state index in [9.17, 15) is 9.59 Å². The number of amides is 2. The third kappa shape index (κ3) is 7.05. The first kappa shape index (κ1) is 29.4. The molecule has 5 rings (SSSR count). The fourth-order valence-electron chi connectivity index (χ4n) is 5.40. The van der Waals surface area contributed by atoms with Crippen LogP contribution in [0.2, 0.25) is 0 Å². The van der Waals surface area contributed by atoms with Gasteiger partial charge in [-0.1, -0.05) is 37.5 Å². The summed E-state index contributed by atoms with van der Waals surface area (Å²) in [6.07, 6.45) is 6.14. The first-order valence-electron chi connectivity index (χ1n) is 14.4. The SMILES string of the molecule is COc1ccc(-c2nnn(CC(=O)N(c3ccc(C4CCCCC4)cc3)[C@H](C(=O)NC(C)(C)C)c3cccs3)n2)cc1. The Morgan fingerprint density at radius 1 is 1.05 bits per heavy atom. The second-order valence-electron chi connectivity index (χ2n) is 11.7. The van der Waals surface area contributed by atoms with Crippen LogP contribution in [0.25, 0.3) is 11.4 Å². The van der Waals surface area contributed by atoms with Gasteiger partial charge in [-0.05, 0) is 98.2 Å². The molecule has 220 valence electrons. The van der Waals surface area contributed by atoms with E-state index in [1.807, 2.05) is 74.7 Å². The molecular weight excluding hydrogens is 548 g/mol. The lowest BCUT2D eigenvalue weighted by Gasteiger charge is -2.33. The molecule has 2 aromatic heterocycles. The number of rotatable bonds is 9. The van der Waals surface area contributed by atoms with Crippen LogP contribution in [0.3, 0.4) is 0 Å². The number of carbonyl (C=O) groups is 2. The largest absolute Gasteiger partial charge is 0.497 e. The molecule has 2 aromatic carbocycles. The zero-order valence-electron chi connectivity index (χ0n) is 24.6. The summed E-state index contributed by atoms with van der Waals surface area (Å²) in [4.78, 5) is 31.6. The van der Waals surface area contributed by atoms with Crippen molar-refractivity contribution in [2.75, 3.05) is 12.0 Å². The minimum Gasteiger partial charge on any atom is -0.497 e. The Hall–Kier alpha value is -4.05. The van der Waals surface area contributed by atoms with Crippen LogP contribution in [0.4, 0.5) is 5.69 Å². The fraction of sp³-hybridized carbons (Fsp3) is 0.406. The summed E-state index contributed by atoms with van der Waals surface area (Å²) in [6.45, 7) is 5.61. The van der Waals surface area contributed by atoms with E-state index in [0.717, 1.165) is 16.2 Å². The number of thiophene rings is 1. The molecule has 1 fully saturated rings. The molecule has 4 aromatic rings. The van der Waals surface area contributed by atoms with Crippen LogP contribution >= 0.6 is 11.3 Å². The van der Waals surface area contributed by atoms with Gasteiger partial charge in [-0.2, -0.15) is 4.80 Å². The number of tetrazole rings is 1. The topological polar surface area (TPSA) is 102 Å². The van der Waals surface area contributed by atoms with Crippen molar-refractivity contribution in [2.45, 2.75) is 76.9 Å². The number of ether oxygens (including phenoxy) is 1. The Labute approximate surface area is 250 Å². The zero-order valence-corrected chi connectivity index (χ0v) is 25.4. The van der Waals surface area contributed by atoms with E-state index < -0.39 is 11.6 Å². The van der Waals surface area contributed by atoms with Gasteiger partial charge in [0.2, 0.25) is 11.7 Å². The van der Waals surface area contributed by atoms with E-state index in [-0.39, 0.29) is 18.4 Å². The van der Waals surface area contributed by atoms with Crippen molar-refractivity contribution in [1.82, 2.24) is 25.5 Å². The highest BCUT2D eigenvalue weighted by atomic mass is 32.1. The molecule has 1 aliphatic carbocycles. The van der Waals surface area contributed by atoms with E-state index in [1.165, 1.54) is 53.8 Å². The van der Waals surface area contributed by atoms with Crippen molar-refractivity contribution in [3.63, 3.8) is 0 Å². The highest BCUT2D eigenvalue weighted by Gasteiger charge is 2.35. The van der Waals surface area contributed by atoms with Crippen LogP contribution in [-0.4, -0.2) is 44.7 Å². The first-order valence-corrected chi connectivity index (χ1v) is 15.3. The molecule has 0 unspecified atom stereocenters. The monoisotopic (exact) mass is 586 g/mol. The van der Waals surface area contributed by atoms with Crippen molar-refractivity contribution in [2.24, 2.45) is 0 Å². The summed E-state index contributed by atoms with van der Waals surface area (Å²) in [6, 6.07) is 18.4. The van der Waals surface area contributed by atoms with Crippen LogP contribution < -0.4 is 15.0 Å². The molecule has 0 radical (unpaired) electrons. The second kappa shape index (κ2) is 12.9. The summed E-state index contributed by atoms with van der Waals surface area (Å²) < 4.78 is 5.23. The van der Waals surface area contributed by atoms with Crippen LogP contribution in [0, 0.1) is 0 Å². The van der Waals surface area contributed by atoms with Crippen LogP contribution in [-0.2, 0) is 16.1 Å². The number of anilines is 1. The Morgan fingerprint density at radius 2 is 1.76 bits per heavy atom. The minimum absolute atomic E-state index is 0.182. The average Bonchev–Trinajstić information content (AvgIpc) is 3.68. The lowest BCUT2D eigenvalue weighted by atomic mass is 9.84. The van der Waals surface area contributed by atoms with Gasteiger partial charge in [0, 0.05) is 21.7 Å². The van der Waals surface area contributed by atoms with Gasteiger partial charge >= 0.3 is 0 Å². The maximum Gasteiger partial charge on any atom is 0.251 e. The maximum atomic E-state index is 14.1. The number of benzene rings is 2. The smallest absolute Gasteiger partial charge is 0.251 e. The van der Waals surface area contributed by atoms with Gasteiger partial charge in [0.15, 0.2) is 0 Å². The Kier molecular flexibility index (Phi) is 9.01. The molecule has 2 heterocycles. The van der Waals surface area contributed by atoms with Crippen molar-refractivity contribution >= 4 is 28.8 Å². The number of carbonyl (C=O) groups excluding carboxylic acids is 2. The average molecular weight is 587 g/mol. The second-order valence-corrected chi connectivity index (χ2v) is 12.7. The highest BCUT2D eigenvalue weighted by molar-refractivity contribution is 7.10. The van der Waals surface area contributed by atoms with E-state index in [2.05, 4.69) is 32.9 Å². The van der Waals surface area contributed by atoms with Gasteiger partial charge in [-0.3, -0.25) is 14.5 Å². The normalized spacial score (nSPS) is 14.8. The predicted molar refractivity (Wildman–Crippen MR) is 165 cm³/mol. The van der Waals surface area contributed by atoms with E-state index in [0.29, 0.717) is 17.4 Å². The highest BCUT2D eigenvalue weighted by Crippen LogP contribution is 2.36. The van der Waals surface area contributed by atoms with Crippen molar-refractivity contribution < 1.29 is 14.3 Å². The van der Waals surface area contributed by atoms with E-state index in [1.54, 1.807) is 12.0 Å². The number of nitrogens with zero attached hydrogens (tertiary/aromatic N) is 5. The van der Waals surface area contributed by atoms with E-state index >= 15 is 0 Å². The zero-order chi connectivity index (χ0) is 29.7. The van der Waals surface area contributed by atoms with Gasteiger partial charge in [0.25, 0.3) is 5.91 Å². The third-order valence-corrected chi connectivity index (χ3v) is 8.34. The fourth-order valence-corrected chi connectivity index (χ4v) is 6.21. The standard InChI is InChI=1S/C32H38N6O3S/c1-32(2,3)33-31(40)29(27-11-8-20-42-27)38(25-16-12-23(13-17-25)22-9-6-5-7-10-22)28(39)21-37-35-30(34-36-37)24-14-18-26(41-4)19-15-24/h8,11-20,22,29H,5-7,9-10,21H2,1-4H3,(H,33,40)/t29-/m0/s1. The van der Waals surface area contributed by atoms with Gasteiger partial charge < -0.3 is 10.1 Å². The van der Waals surface area contributed by atoms with Gasteiger partial charge in [-0.25, -0.2) is 0 Å². The predicted octanol–water partition coefficient (Wildman–Crippen LogP) is 6.15. The van der Waals surface area contributed by atoms with Gasteiger partial charge in [0.05, 0.1) is 7.11 Å². The third-order valence-electron chi connectivity index (χ3n) is 7.41. The summed E-state index contributed by atoms with van der Waals surface area (Å²) in [5.74, 6) is 1.08. The molecule has 1 aliphatic rings. The molecule has 10 heteroatoms. The lowest BCUT2D eigenvalue weighted by Crippen LogP contribution is -2.50. The first-order chi connectivity index (χ1) is 20.2. The number of methoxy groups -OCH3 is 1. The maximum absolute atomic E-state index is 14.1. The molecule has 0 spiro atoms. The van der Waals surface area contributed by atoms with Crippen molar-refractivity contribution in [3.05, 3.63) is 76.5 Å². The molecule has 0 aliphatic heterocycles. The summed E-state index contributed by atoms with van der Waals surface area (Å²) in [5.41, 5.74) is 2.20. The summed E-state index contributed by atoms with van der Waals surface area (Å²) in [5, 5.41) is 17.8. The Bertz CT molecular complexity index is 1470. The van der Waals surface area contributed by atoms with Crippen LogP contribution in [0.1, 0.15) is 75.3 Å². The quantitative estimate of drug-likeness (QED) is 0.253. The number of aromatic nitrogens is 4. The molecule has 1 saturated carbocycles. The molecule has 2 amide bonds. The summed E-state index contributed by atoms with van der Waals surface area (Å²) in [7, 11) is 1.61. The van der Waals surface area contributed by atoms with Gasteiger partial charge in [0.1, 0.15) is 18.3 Å². The molecule has 1 N–H and O–H groups in total. The van der Waals surface area contributed by atoms with E-state index in [4.69, 9.17) is 4.74 Å². The molecule has 9 nitrogen and oxygen atoms in total. The van der Waals surface area contributed by atoms with Crippen LogP contribution in [0.5, 0.6) is 5.75 Å². The number of hydrogen-bond acceptors (Lipinski definition) is 7. The molecule has 1 atom stereocenters. The van der Waals surface area contributed by atoms with Crippen molar-refractivity contribution in [1.29, 1.82) is 0 Å². The van der Waals surface area contributed by atoms with Crippen LogP contribution in [0.15, 0.2) is 66.0 Å². The minimum atomic E-state index is -0.859. The van der Waals surface area contributed by atoms with Gasteiger partial charge in [-0.15, -0.1) is 21.5 Å². The molecular formula is C32H38N6O3S. The Balaban J connectivity index is 1.47. The van der Waals surface area contributed by atoms with Crippen molar-refractivity contribution in [3.8, 4) is 17.1 Å². The number of nitrogens with one attached hydrogen (secondary N) is 1. The molecule has 0 saturated heterocycles. The molecule has 42 heavy (non-hydrogen) atoms. The number of hydrogen-bond donors (Lipinski definition) is 1. The Morgan fingerprint density at radius 3 is 2.38 bits per heavy atom. The lowest BCUT2D eigenvalue weighted by molar-refractivity contribution is -0.128. The summed E-state index contributed by atoms with van der Waals surface area (Å²) >= 11 is 1.45.